The zero-order valence-electron chi connectivity index (χ0n) is 8.96. The average Bonchev–Trinajstić information content (AvgIpc) is 2.82. The van der Waals surface area contributed by atoms with Gasteiger partial charge in [0.05, 0.1) is 0 Å². The van der Waals surface area contributed by atoms with Gasteiger partial charge in [-0.25, -0.2) is 0 Å². The maximum absolute atomic E-state index is 8.29. The summed E-state index contributed by atoms with van der Waals surface area (Å²) in [5, 5.41) is 3.44. The summed E-state index contributed by atoms with van der Waals surface area (Å²) in [6.45, 7) is 1.17. The summed E-state index contributed by atoms with van der Waals surface area (Å²) < 4.78 is 16.6. The molecule has 1 atom stereocenters. The van der Waals surface area contributed by atoms with Crippen LogP contribution in [0.25, 0.3) is 6.08 Å². The normalized spacial score (nSPS) is 19.1. The van der Waals surface area contributed by atoms with Gasteiger partial charge in [0, 0.05) is 6.04 Å². The minimum atomic E-state index is -0.750. The Hall–Kier alpha value is -1.26. The van der Waals surface area contributed by atoms with Crippen molar-refractivity contribution in [2.45, 2.75) is 18.9 Å². The second kappa shape index (κ2) is 7.96. The predicted octanol–water partition coefficient (Wildman–Crippen LogP) is 1.78. The standard InChI is InChI=1S/C12H15N.O2S/c1-2-5-11(6-3-1)8-9-12-7-4-10-13-12;1-3-2/h1-3,5-6,8-9,12-13H,4,7,10H2;/b9-8+;/t12-;/m1./s1. The molecule has 1 heterocycles. The van der Waals surface area contributed by atoms with E-state index in [1.807, 2.05) is 6.07 Å². The molecular weight excluding hydrogens is 222 g/mol. The van der Waals surface area contributed by atoms with Crippen LogP contribution < -0.4 is 5.32 Å². The number of benzene rings is 1. The summed E-state index contributed by atoms with van der Waals surface area (Å²) in [6.07, 6.45) is 7.05. The molecule has 1 N–H and O–H groups in total. The van der Waals surface area contributed by atoms with Gasteiger partial charge in [-0.15, -0.1) is 0 Å². The van der Waals surface area contributed by atoms with Crippen molar-refractivity contribution in [2.75, 3.05) is 6.54 Å². The summed E-state index contributed by atoms with van der Waals surface area (Å²) in [5.74, 6) is 0. The van der Waals surface area contributed by atoms with Crippen molar-refractivity contribution in [1.82, 2.24) is 5.32 Å². The van der Waals surface area contributed by atoms with E-state index in [1.165, 1.54) is 24.9 Å². The van der Waals surface area contributed by atoms with Crippen LogP contribution in [-0.2, 0) is 11.6 Å². The highest BCUT2D eigenvalue weighted by Crippen LogP contribution is 2.08. The smallest absolute Gasteiger partial charge is 0.311 e. The lowest BCUT2D eigenvalue weighted by molar-refractivity contribution is 0.630. The predicted molar refractivity (Wildman–Crippen MR) is 65.4 cm³/mol. The number of hydrogen-bond donors (Lipinski definition) is 1. The van der Waals surface area contributed by atoms with E-state index in [0.717, 1.165) is 0 Å². The minimum Gasteiger partial charge on any atom is -0.311 e. The van der Waals surface area contributed by atoms with Crippen molar-refractivity contribution in [2.24, 2.45) is 0 Å². The van der Waals surface area contributed by atoms with Crippen LogP contribution in [0.4, 0.5) is 0 Å². The van der Waals surface area contributed by atoms with Gasteiger partial charge in [-0.1, -0.05) is 42.5 Å². The molecule has 86 valence electrons. The Morgan fingerprint density at radius 3 is 2.50 bits per heavy atom. The number of hydrogen-bond acceptors (Lipinski definition) is 3. The van der Waals surface area contributed by atoms with Gasteiger partial charge in [0.15, 0.2) is 0 Å². The Balaban J connectivity index is 0.000000386. The summed E-state index contributed by atoms with van der Waals surface area (Å²) in [7, 11) is 0. The lowest BCUT2D eigenvalue weighted by Gasteiger charge is -2.01. The van der Waals surface area contributed by atoms with E-state index in [4.69, 9.17) is 8.42 Å². The van der Waals surface area contributed by atoms with Crippen LogP contribution in [0.3, 0.4) is 0 Å². The molecule has 0 radical (unpaired) electrons. The fraction of sp³-hybridized carbons (Fsp3) is 0.333. The lowest BCUT2D eigenvalue weighted by atomic mass is 10.1. The third-order valence-corrected chi connectivity index (χ3v) is 2.42. The zero-order valence-corrected chi connectivity index (χ0v) is 9.78. The van der Waals surface area contributed by atoms with Crippen molar-refractivity contribution >= 4 is 17.6 Å². The molecule has 1 aromatic carbocycles. The molecule has 0 unspecified atom stereocenters. The molecule has 0 aliphatic carbocycles. The third kappa shape index (κ3) is 5.00. The van der Waals surface area contributed by atoms with Gasteiger partial charge in [0.25, 0.3) is 0 Å². The Labute approximate surface area is 99.2 Å². The highest BCUT2D eigenvalue weighted by Gasteiger charge is 2.09. The monoisotopic (exact) mass is 237 g/mol. The molecule has 2 rings (SSSR count). The molecule has 16 heavy (non-hydrogen) atoms. The Morgan fingerprint density at radius 1 is 1.25 bits per heavy atom. The highest BCUT2D eigenvalue weighted by atomic mass is 32.1. The first-order chi connectivity index (χ1) is 7.86. The van der Waals surface area contributed by atoms with Gasteiger partial charge < -0.3 is 5.32 Å². The molecular formula is C12H15NO2S. The molecule has 1 fully saturated rings. The molecule has 3 nitrogen and oxygen atoms in total. The van der Waals surface area contributed by atoms with Crippen LogP contribution >= 0.6 is 0 Å². The molecule has 1 aromatic rings. The van der Waals surface area contributed by atoms with Gasteiger partial charge >= 0.3 is 11.6 Å². The summed E-state index contributed by atoms with van der Waals surface area (Å²) >= 11 is -0.750. The van der Waals surface area contributed by atoms with Gasteiger partial charge in [-0.3, -0.25) is 0 Å². The van der Waals surface area contributed by atoms with Crippen LogP contribution in [0.5, 0.6) is 0 Å². The van der Waals surface area contributed by atoms with Gasteiger partial charge in [0.2, 0.25) is 0 Å². The van der Waals surface area contributed by atoms with E-state index in [9.17, 15) is 0 Å². The number of nitrogens with one attached hydrogen (secondary N) is 1. The quantitative estimate of drug-likeness (QED) is 0.853. The van der Waals surface area contributed by atoms with E-state index < -0.39 is 11.6 Å². The van der Waals surface area contributed by atoms with Crippen LogP contribution in [0.15, 0.2) is 36.4 Å². The van der Waals surface area contributed by atoms with Crippen molar-refractivity contribution < 1.29 is 8.42 Å². The fourth-order valence-electron chi connectivity index (χ4n) is 1.67. The molecule has 0 saturated carbocycles. The van der Waals surface area contributed by atoms with Crippen LogP contribution in [0, 0.1) is 0 Å². The van der Waals surface area contributed by atoms with Crippen LogP contribution in [-0.4, -0.2) is 21.0 Å². The average molecular weight is 237 g/mol. The largest absolute Gasteiger partial charge is 0.335 e. The topological polar surface area (TPSA) is 46.2 Å². The van der Waals surface area contributed by atoms with Crippen molar-refractivity contribution in [3.05, 3.63) is 42.0 Å². The van der Waals surface area contributed by atoms with E-state index in [0.29, 0.717) is 6.04 Å². The third-order valence-electron chi connectivity index (χ3n) is 2.42. The first kappa shape index (κ1) is 12.8. The molecule has 1 aliphatic heterocycles. The van der Waals surface area contributed by atoms with Gasteiger partial charge in [-0.2, -0.15) is 8.42 Å². The van der Waals surface area contributed by atoms with E-state index in [1.54, 1.807) is 0 Å². The van der Waals surface area contributed by atoms with E-state index >= 15 is 0 Å². The molecule has 0 aromatic heterocycles. The fourth-order valence-corrected chi connectivity index (χ4v) is 1.67. The van der Waals surface area contributed by atoms with Gasteiger partial charge in [0.1, 0.15) is 0 Å². The van der Waals surface area contributed by atoms with Gasteiger partial charge in [-0.05, 0) is 24.9 Å². The summed E-state index contributed by atoms with van der Waals surface area (Å²) in [6, 6.07) is 11.0. The molecule has 1 aliphatic rings. The Kier molecular flexibility index (Phi) is 6.37. The lowest BCUT2D eigenvalue weighted by Crippen LogP contribution is -2.17. The zero-order chi connectivity index (χ0) is 11.6. The van der Waals surface area contributed by atoms with Crippen LogP contribution in [0.2, 0.25) is 0 Å². The first-order valence-corrected chi connectivity index (χ1v) is 5.92. The molecule has 0 bridgehead atoms. The number of rotatable bonds is 2. The van der Waals surface area contributed by atoms with Crippen molar-refractivity contribution in [3.8, 4) is 0 Å². The first-order valence-electron chi connectivity index (χ1n) is 5.25. The SMILES string of the molecule is C(=C\[C@H]1CCCN1)/c1ccccc1.O=S=O. The Bertz CT molecular complexity index is 353. The molecule has 1 saturated heterocycles. The summed E-state index contributed by atoms with van der Waals surface area (Å²) in [4.78, 5) is 0. The molecule has 4 heteroatoms. The van der Waals surface area contributed by atoms with Crippen LogP contribution in [0.1, 0.15) is 18.4 Å². The Morgan fingerprint density at radius 2 is 1.94 bits per heavy atom. The molecule has 0 amide bonds. The van der Waals surface area contributed by atoms with Crippen molar-refractivity contribution in [3.63, 3.8) is 0 Å². The van der Waals surface area contributed by atoms with Crippen molar-refractivity contribution in [1.29, 1.82) is 0 Å². The maximum atomic E-state index is 8.29. The second-order valence-corrected chi connectivity index (χ2v) is 3.68. The maximum Gasteiger partial charge on any atom is 0.335 e. The minimum absolute atomic E-state index is 0.597. The highest BCUT2D eigenvalue weighted by molar-refractivity contribution is 7.51. The molecule has 0 spiro atoms. The second-order valence-electron chi connectivity index (χ2n) is 3.54. The summed E-state index contributed by atoms with van der Waals surface area (Å²) in [5.41, 5.74) is 1.29. The van der Waals surface area contributed by atoms with E-state index in [-0.39, 0.29) is 0 Å². The van der Waals surface area contributed by atoms with E-state index in [2.05, 4.69) is 41.7 Å².